The summed E-state index contributed by atoms with van der Waals surface area (Å²) in [6, 6.07) is 11.9. The largest absolute Gasteiger partial charge is 0.462 e. The number of fused-ring (bicyclic) bond motifs is 1. The average molecular weight is 617 g/mol. The van der Waals surface area contributed by atoms with Crippen molar-refractivity contribution < 1.29 is 42.5 Å². The number of hydrogen-bond donors (Lipinski definition) is 3. The molecule has 3 heterocycles. The van der Waals surface area contributed by atoms with Crippen molar-refractivity contribution >= 4 is 31.0 Å². The summed E-state index contributed by atoms with van der Waals surface area (Å²) in [5, 5.41) is 28.4. The Balaban J connectivity index is 1.68. The van der Waals surface area contributed by atoms with Gasteiger partial charge in [0.15, 0.2) is 11.9 Å². The van der Waals surface area contributed by atoms with E-state index in [0.717, 1.165) is 0 Å². The highest BCUT2D eigenvalue weighted by molar-refractivity contribution is 7.52. The Bertz CT molecular complexity index is 1540. The van der Waals surface area contributed by atoms with Crippen molar-refractivity contribution in [1.82, 2.24) is 19.7 Å². The van der Waals surface area contributed by atoms with Gasteiger partial charge in [-0.1, -0.05) is 25.1 Å². The number of nitrogens with two attached hydrogens (primary N) is 1. The van der Waals surface area contributed by atoms with E-state index in [-0.39, 0.29) is 23.7 Å². The number of aliphatic hydroxyl groups excluding tert-OH is 1. The van der Waals surface area contributed by atoms with Gasteiger partial charge in [-0.2, -0.15) is 15.4 Å². The number of para-hydroxylation sites is 1. The van der Waals surface area contributed by atoms with E-state index in [9.17, 15) is 24.5 Å². The summed E-state index contributed by atoms with van der Waals surface area (Å²) in [5.41, 5.74) is 4.44. The van der Waals surface area contributed by atoms with Crippen molar-refractivity contribution in [1.29, 1.82) is 5.26 Å². The topological polar surface area (TPSA) is 210 Å². The summed E-state index contributed by atoms with van der Waals surface area (Å²) in [6.07, 6.45) is -3.75. The number of nitriles is 1. The van der Waals surface area contributed by atoms with Gasteiger partial charge in [-0.15, -0.1) is 0 Å². The normalized spacial score (nSPS) is 23.8. The number of nitrogens with one attached hydrogen (secondary N) is 1. The van der Waals surface area contributed by atoms with Crippen LogP contribution >= 0.6 is 7.75 Å². The molecular formula is C27H33N6O9P. The maximum absolute atomic E-state index is 14.1. The van der Waals surface area contributed by atoms with Gasteiger partial charge < -0.3 is 29.6 Å². The van der Waals surface area contributed by atoms with Gasteiger partial charge in [-0.05, 0) is 45.0 Å². The predicted molar refractivity (Wildman–Crippen MR) is 150 cm³/mol. The molecule has 1 aliphatic heterocycles. The monoisotopic (exact) mass is 616 g/mol. The number of hydrogen-bond acceptors (Lipinski definition) is 13. The lowest BCUT2D eigenvalue weighted by Gasteiger charge is -2.30. The van der Waals surface area contributed by atoms with Crippen LogP contribution in [0, 0.1) is 11.3 Å². The van der Waals surface area contributed by atoms with Crippen molar-refractivity contribution in [3.63, 3.8) is 0 Å². The Morgan fingerprint density at radius 2 is 1.98 bits per heavy atom. The molecule has 0 amide bonds. The molecule has 6 atom stereocenters. The number of carbonyl (C=O) groups excluding carboxylic acids is 2. The highest BCUT2D eigenvalue weighted by Crippen LogP contribution is 2.49. The van der Waals surface area contributed by atoms with Crippen molar-refractivity contribution in [3.8, 4) is 11.8 Å². The first-order valence-electron chi connectivity index (χ1n) is 13.4. The van der Waals surface area contributed by atoms with E-state index in [4.69, 9.17) is 29.0 Å². The fourth-order valence-corrected chi connectivity index (χ4v) is 5.89. The minimum atomic E-state index is -4.46. The molecule has 1 unspecified atom stereocenters. The van der Waals surface area contributed by atoms with Crippen molar-refractivity contribution in [2.75, 3.05) is 12.3 Å². The summed E-state index contributed by atoms with van der Waals surface area (Å²) in [4.78, 5) is 28.8. The minimum absolute atomic E-state index is 0.0687. The predicted octanol–water partition coefficient (Wildman–Crippen LogP) is 2.46. The molecule has 0 spiro atoms. The Kier molecular flexibility index (Phi) is 9.69. The molecule has 1 aromatic carbocycles. The molecule has 15 nitrogen and oxygen atoms in total. The van der Waals surface area contributed by atoms with Crippen LogP contribution in [0.5, 0.6) is 5.75 Å². The Morgan fingerprint density at radius 1 is 1.26 bits per heavy atom. The van der Waals surface area contributed by atoms with Gasteiger partial charge in [0, 0.05) is 6.42 Å². The third-order valence-electron chi connectivity index (χ3n) is 6.43. The van der Waals surface area contributed by atoms with Gasteiger partial charge in [0.2, 0.25) is 5.60 Å². The highest BCUT2D eigenvalue weighted by Gasteiger charge is 2.60. The van der Waals surface area contributed by atoms with Gasteiger partial charge in [0.1, 0.15) is 48.5 Å². The first-order chi connectivity index (χ1) is 20.4. The summed E-state index contributed by atoms with van der Waals surface area (Å²) < 4.78 is 43.5. The van der Waals surface area contributed by atoms with Crippen LogP contribution in [-0.4, -0.2) is 68.2 Å². The molecule has 4 rings (SSSR count). The van der Waals surface area contributed by atoms with E-state index in [1.165, 1.54) is 36.8 Å². The lowest BCUT2D eigenvalue weighted by atomic mass is 9.96. The number of nitrogen functional groups attached to an aromatic ring is 1. The van der Waals surface area contributed by atoms with E-state index >= 15 is 0 Å². The van der Waals surface area contributed by atoms with Crippen molar-refractivity contribution in [2.24, 2.45) is 0 Å². The van der Waals surface area contributed by atoms with Gasteiger partial charge in [0.05, 0.1) is 11.8 Å². The number of esters is 2. The maximum Gasteiger partial charge on any atom is 0.459 e. The Hall–Kier alpha value is -4.06. The molecule has 0 radical (unpaired) electrons. The van der Waals surface area contributed by atoms with E-state index < -0.39 is 62.4 Å². The highest BCUT2D eigenvalue weighted by atomic mass is 31.2. The second kappa shape index (κ2) is 13.1. The number of anilines is 1. The number of aromatic nitrogens is 3. The van der Waals surface area contributed by atoms with E-state index in [0.29, 0.717) is 5.52 Å². The molecule has 2 aromatic heterocycles. The summed E-state index contributed by atoms with van der Waals surface area (Å²) in [5.74, 6) is -1.17. The number of ether oxygens (including phenoxy) is 3. The Morgan fingerprint density at radius 3 is 2.63 bits per heavy atom. The van der Waals surface area contributed by atoms with E-state index in [2.05, 4.69) is 15.2 Å². The van der Waals surface area contributed by atoms with E-state index in [1.807, 2.05) is 6.07 Å². The van der Waals surface area contributed by atoms with Gasteiger partial charge >= 0.3 is 19.7 Å². The number of rotatable bonds is 12. The molecule has 43 heavy (non-hydrogen) atoms. The fourth-order valence-electron chi connectivity index (χ4n) is 4.37. The smallest absolute Gasteiger partial charge is 0.459 e. The van der Waals surface area contributed by atoms with Crippen molar-refractivity contribution in [2.45, 2.75) is 70.2 Å². The second-order valence-corrected chi connectivity index (χ2v) is 11.7. The second-order valence-electron chi connectivity index (χ2n) is 10.0. The van der Waals surface area contributed by atoms with Crippen LogP contribution in [0.25, 0.3) is 5.52 Å². The molecule has 0 aliphatic carbocycles. The van der Waals surface area contributed by atoms with Gasteiger partial charge in [-0.3, -0.25) is 14.1 Å². The number of benzene rings is 1. The van der Waals surface area contributed by atoms with Crippen molar-refractivity contribution in [3.05, 3.63) is 54.5 Å². The summed E-state index contributed by atoms with van der Waals surface area (Å²) in [6.45, 7) is 5.43. The molecule has 230 valence electrons. The van der Waals surface area contributed by atoms with Gasteiger partial charge in [-0.25, -0.2) is 14.1 Å². The van der Waals surface area contributed by atoms with Crippen LogP contribution in [0.15, 0.2) is 48.8 Å². The van der Waals surface area contributed by atoms with Gasteiger partial charge in [0.25, 0.3) is 0 Å². The number of nitrogens with zero attached hydrogens (tertiary/aromatic N) is 4. The third kappa shape index (κ3) is 6.96. The zero-order valence-electron chi connectivity index (χ0n) is 23.9. The number of carbonyl (C=O) groups is 2. The van der Waals surface area contributed by atoms with Crippen LogP contribution in [0.2, 0.25) is 0 Å². The molecule has 3 aromatic rings. The maximum atomic E-state index is 14.1. The van der Waals surface area contributed by atoms with Crippen LogP contribution in [-0.2, 0) is 32.9 Å². The molecular weight excluding hydrogens is 583 g/mol. The Labute approximate surface area is 247 Å². The average Bonchev–Trinajstić information content (AvgIpc) is 3.52. The quantitative estimate of drug-likeness (QED) is 0.197. The molecule has 1 aliphatic rings. The first-order valence-corrected chi connectivity index (χ1v) is 15.0. The third-order valence-corrected chi connectivity index (χ3v) is 8.05. The zero-order valence-corrected chi connectivity index (χ0v) is 24.8. The van der Waals surface area contributed by atoms with Crippen LogP contribution in [0.4, 0.5) is 5.82 Å². The molecule has 0 saturated carbocycles. The zero-order chi connectivity index (χ0) is 31.4. The molecule has 1 fully saturated rings. The summed E-state index contributed by atoms with van der Waals surface area (Å²) >= 11 is 0. The first kappa shape index (κ1) is 31.9. The van der Waals surface area contributed by atoms with Crippen LogP contribution in [0.3, 0.4) is 0 Å². The molecule has 0 bridgehead atoms. The standard InChI is InChI=1S/C27H33N6O9P/c1-5-21(34)40-24-22(35)23(19-11-12-20-25(29)30-15-31-33(19)20)41-27(24,13-28)14-38-43(37,42-18-9-7-6-8-10-18)32-17(4)26(36)39-16(2)3/h6-12,15-17,22-24,35H,5,14H2,1-4H3,(H,32,37)(H2,29,30,31)/t17-,22-,23-,24-,27+,43?/m0/s1. The van der Waals surface area contributed by atoms with Crippen LogP contribution in [0.1, 0.15) is 45.9 Å². The molecule has 16 heteroatoms. The number of aliphatic hydroxyl groups is 1. The lowest BCUT2D eigenvalue weighted by Crippen LogP contribution is -2.49. The SMILES string of the molecule is CCC(=O)O[C@H]1[C@@H](O)[C@H](c2ccc3c(N)ncnn23)O[C@]1(C#N)COP(=O)(N[C@@H](C)C(=O)OC(C)C)Oc1ccccc1. The molecule has 1 saturated heterocycles. The summed E-state index contributed by atoms with van der Waals surface area (Å²) in [7, 11) is -4.46. The minimum Gasteiger partial charge on any atom is -0.462 e. The van der Waals surface area contributed by atoms with Crippen LogP contribution < -0.4 is 15.3 Å². The van der Waals surface area contributed by atoms with E-state index in [1.54, 1.807) is 44.2 Å². The lowest BCUT2D eigenvalue weighted by molar-refractivity contribution is -0.160. The molecule has 4 N–H and O–H groups in total. The fraction of sp³-hybridized carbons (Fsp3) is 0.444.